The molecule has 2 heterocycles. The number of imidazole rings is 1. The number of carbonyl (C=O) groups is 1. The van der Waals surface area contributed by atoms with Gasteiger partial charge in [0.2, 0.25) is 0 Å². The molecule has 1 amide bonds. The Hall–Kier alpha value is -3.21. The predicted molar refractivity (Wildman–Crippen MR) is 105 cm³/mol. The van der Waals surface area contributed by atoms with Crippen LogP contribution in [0, 0.1) is 0 Å². The number of hydrogen-bond donors (Lipinski definition) is 2. The molecule has 0 aliphatic heterocycles. The first-order chi connectivity index (χ1) is 12.7. The molecular weight excluding hydrogens is 324 g/mol. The summed E-state index contributed by atoms with van der Waals surface area (Å²) in [6.45, 7) is 4.13. The number of rotatable bonds is 4. The van der Waals surface area contributed by atoms with E-state index in [4.69, 9.17) is 0 Å². The topological polar surface area (TPSA) is 70.7 Å². The number of aromatic nitrogens is 3. The molecule has 26 heavy (non-hydrogen) atoms. The maximum absolute atomic E-state index is 12.6. The van der Waals surface area contributed by atoms with Gasteiger partial charge in [0, 0.05) is 28.8 Å². The highest BCUT2D eigenvalue weighted by Gasteiger charge is 2.09. The number of H-pyrrole nitrogens is 1. The summed E-state index contributed by atoms with van der Waals surface area (Å²) in [5, 5.41) is 3.92. The lowest BCUT2D eigenvalue weighted by atomic mass is 10.1. The summed E-state index contributed by atoms with van der Waals surface area (Å²) in [5.74, 6) is 0.804. The van der Waals surface area contributed by atoms with Crippen molar-refractivity contribution < 1.29 is 4.79 Å². The fraction of sp³-hybridized carbons (Fsp3) is 0.190. The van der Waals surface area contributed by atoms with E-state index in [0.717, 1.165) is 52.0 Å². The minimum atomic E-state index is -0.138. The number of carbonyl (C=O) groups excluding carboxylic acids is 1. The van der Waals surface area contributed by atoms with Crippen LogP contribution in [-0.4, -0.2) is 20.9 Å². The van der Waals surface area contributed by atoms with Crippen molar-refractivity contribution in [3.63, 3.8) is 0 Å². The second-order valence-electron chi connectivity index (χ2n) is 6.29. The molecule has 0 fully saturated rings. The molecule has 130 valence electrons. The van der Waals surface area contributed by atoms with E-state index < -0.39 is 0 Å². The van der Waals surface area contributed by atoms with Crippen molar-refractivity contribution in [2.45, 2.75) is 26.7 Å². The molecule has 4 rings (SSSR count). The lowest BCUT2D eigenvalue weighted by molar-refractivity contribution is 0.102. The average Bonchev–Trinajstić information content (AvgIpc) is 3.09. The summed E-state index contributed by atoms with van der Waals surface area (Å²) in [7, 11) is 0. The van der Waals surface area contributed by atoms with Gasteiger partial charge < -0.3 is 10.3 Å². The third kappa shape index (κ3) is 3.04. The van der Waals surface area contributed by atoms with E-state index in [1.807, 2.05) is 48.5 Å². The van der Waals surface area contributed by atoms with Gasteiger partial charge in [0.05, 0.1) is 16.6 Å². The monoisotopic (exact) mass is 344 g/mol. The summed E-state index contributed by atoms with van der Waals surface area (Å²) in [5.41, 5.74) is 5.15. The van der Waals surface area contributed by atoms with E-state index in [9.17, 15) is 4.79 Å². The first-order valence-corrected chi connectivity index (χ1v) is 8.86. The third-order valence-electron chi connectivity index (χ3n) is 4.49. The van der Waals surface area contributed by atoms with Crippen molar-refractivity contribution in [1.29, 1.82) is 0 Å². The van der Waals surface area contributed by atoms with E-state index in [1.165, 1.54) is 0 Å². The van der Waals surface area contributed by atoms with Crippen LogP contribution < -0.4 is 5.32 Å². The van der Waals surface area contributed by atoms with Crippen molar-refractivity contribution in [1.82, 2.24) is 15.0 Å². The van der Waals surface area contributed by atoms with Crippen LogP contribution >= 0.6 is 0 Å². The van der Waals surface area contributed by atoms with Crippen LogP contribution in [0.1, 0.15) is 35.7 Å². The normalized spacial score (nSPS) is 11.2. The number of nitrogens with zero attached hydrogens (tertiary/aromatic N) is 2. The molecule has 2 aromatic heterocycles. The fourth-order valence-corrected chi connectivity index (χ4v) is 3.02. The summed E-state index contributed by atoms with van der Waals surface area (Å²) in [4.78, 5) is 24.9. The summed E-state index contributed by atoms with van der Waals surface area (Å²) >= 11 is 0. The van der Waals surface area contributed by atoms with Gasteiger partial charge in [-0.15, -0.1) is 0 Å². The highest BCUT2D eigenvalue weighted by molar-refractivity contribution is 6.06. The average molecular weight is 344 g/mol. The largest absolute Gasteiger partial charge is 0.342 e. The maximum atomic E-state index is 12.6. The van der Waals surface area contributed by atoms with E-state index >= 15 is 0 Å². The van der Waals surface area contributed by atoms with Crippen molar-refractivity contribution >= 4 is 33.5 Å². The number of amides is 1. The molecule has 2 aromatic carbocycles. The standard InChI is InChI=1S/C21H20N4O/c1-3-15-7-5-13-11-14(6-9-17(13)22-15)21(26)23-16-8-10-18-19(12-16)25-20(4-2)24-18/h5-12H,3-4H2,1-2H3,(H,23,26)(H,24,25). The van der Waals surface area contributed by atoms with Gasteiger partial charge >= 0.3 is 0 Å². The van der Waals surface area contributed by atoms with E-state index in [1.54, 1.807) is 0 Å². The fourth-order valence-electron chi connectivity index (χ4n) is 3.02. The van der Waals surface area contributed by atoms with Gasteiger partial charge in [-0.3, -0.25) is 9.78 Å². The zero-order chi connectivity index (χ0) is 18.1. The Kier molecular flexibility index (Phi) is 4.13. The quantitative estimate of drug-likeness (QED) is 0.573. The van der Waals surface area contributed by atoms with Crippen LogP contribution in [0.2, 0.25) is 0 Å². The number of aryl methyl sites for hydroxylation is 2. The second-order valence-corrected chi connectivity index (χ2v) is 6.29. The molecular formula is C21H20N4O. The minimum Gasteiger partial charge on any atom is -0.342 e. The van der Waals surface area contributed by atoms with Gasteiger partial charge in [0.1, 0.15) is 5.82 Å². The number of pyridine rings is 1. The highest BCUT2D eigenvalue weighted by Crippen LogP contribution is 2.20. The Labute approximate surface area is 151 Å². The molecule has 0 radical (unpaired) electrons. The van der Waals surface area contributed by atoms with Crippen molar-refractivity contribution in [2.24, 2.45) is 0 Å². The molecule has 2 N–H and O–H groups in total. The van der Waals surface area contributed by atoms with Crippen molar-refractivity contribution in [3.05, 3.63) is 65.6 Å². The van der Waals surface area contributed by atoms with Crippen LogP contribution in [0.15, 0.2) is 48.5 Å². The van der Waals surface area contributed by atoms with Gasteiger partial charge in [-0.25, -0.2) is 4.98 Å². The van der Waals surface area contributed by atoms with Gasteiger partial charge in [-0.05, 0) is 48.9 Å². The van der Waals surface area contributed by atoms with Gasteiger partial charge in [-0.2, -0.15) is 0 Å². The number of fused-ring (bicyclic) bond motifs is 2. The van der Waals surface area contributed by atoms with Crippen LogP contribution in [-0.2, 0) is 12.8 Å². The van der Waals surface area contributed by atoms with Crippen molar-refractivity contribution in [2.75, 3.05) is 5.32 Å². The summed E-state index contributed by atoms with van der Waals surface area (Å²) in [6.07, 6.45) is 1.75. The van der Waals surface area contributed by atoms with Crippen molar-refractivity contribution in [3.8, 4) is 0 Å². The Morgan fingerprint density at radius 1 is 0.962 bits per heavy atom. The summed E-state index contributed by atoms with van der Waals surface area (Å²) < 4.78 is 0. The van der Waals surface area contributed by atoms with E-state index in [0.29, 0.717) is 5.56 Å². The Morgan fingerprint density at radius 3 is 2.62 bits per heavy atom. The smallest absolute Gasteiger partial charge is 0.255 e. The first kappa shape index (κ1) is 16.3. The Bertz CT molecular complexity index is 1110. The second kappa shape index (κ2) is 6.59. The molecule has 0 saturated heterocycles. The van der Waals surface area contributed by atoms with Gasteiger partial charge in [0.15, 0.2) is 0 Å². The third-order valence-corrected chi connectivity index (χ3v) is 4.49. The van der Waals surface area contributed by atoms with Crippen LogP contribution in [0.4, 0.5) is 5.69 Å². The lowest BCUT2D eigenvalue weighted by Crippen LogP contribution is -2.11. The van der Waals surface area contributed by atoms with Gasteiger partial charge in [0.25, 0.3) is 5.91 Å². The van der Waals surface area contributed by atoms with E-state index in [2.05, 4.69) is 34.1 Å². The van der Waals surface area contributed by atoms with Crippen LogP contribution in [0.5, 0.6) is 0 Å². The molecule has 0 spiro atoms. The predicted octanol–water partition coefficient (Wildman–Crippen LogP) is 4.49. The maximum Gasteiger partial charge on any atom is 0.255 e. The molecule has 0 unspecified atom stereocenters. The van der Waals surface area contributed by atoms with Crippen LogP contribution in [0.3, 0.4) is 0 Å². The minimum absolute atomic E-state index is 0.138. The number of aromatic amines is 1. The molecule has 0 bridgehead atoms. The molecule has 0 saturated carbocycles. The zero-order valence-corrected chi connectivity index (χ0v) is 14.8. The Morgan fingerprint density at radius 2 is 1.81 bits per heavy atom. The Balaban J connectivity index is 1.60. The zero-order valence-electron chi connectivity index (χ0n) is 14.8. The number of hydrogen-bond acceptors (Lipinski definition) is 3. The molecule has 0 aliphatic carbocycles. The molecule has 0 aliphatic rings. The molecule has 0 atom stereocenters. The number of benzene rings is 2. The highest BCUT2D eigenvalue weighted by atomic mass is 16.1. The number of nitrogens with one attached hydrogen (secondary N) is 2. The van der Waals surface area contributed by atoms with Gasteiger partial charge in [-0.1, -0.05) is 19.9 Å². The summed E-state index contributed by atoms with van der Waals surface area (Å²) in [6, 6.07) is 15.3. The molecule has 5 nitrogen and oxygen atoms in total. The van der Waals surface area contributed by atoms with E-state index in [-0.39, 0.29) is 5.91 Å². The lowest BCUT2D eigenvalue weighted by Gasteiger charge is -2.07. The van der Waals surface area contributed by atoms with Crippen LogP contribution in [0.25, 0.3) is 21.9 Å². The molecule has 4 aromatic rings. The number of anilines is 1. The molecule has 5 heteroatoms. The first-order valence-electron chi connectivity index (χ1n) is 8.86. The SMILES string of the molecule is CCc1ccc2cc(C(=O)Nc3ccc4nc(CC)[nH]c4c3)ccc2n1.